The maximum Gasteiger partial charge on any atom is 0.238 e. The molecular weight excluding hydrogens is 328 g/mol. The first-order valence-corrected chi connectivity index (χ1v) is 7.84. The summed E-state index contributed by atoms with van der Waals surface area (Å²) < 4.78 is 10.6. The van der Waals surface area contributed by atoms with Gasteiger partial charge < -0.3 is 14.8 Å². The molecule has 0 heterocycles. The summed E-state index contributed by atoms with van der Waals surface area (Å²) in [4.78, 5) is 14.0. The average molecular weight is 349 g/mol. The molecule has 0 saturated carbocycles. The highest BCUT2D eigenvalue weighted by Gasteiger charge is 2.11. The minimum Gasteiger partial charge on any atom is -0.497 e. The molecular formula is C18H21ClN2O3. The zero-order chi connectivity index (χ0) is 17.5. The van der Waals surface area contributed by atoms with Crippen molar-refractivity contribution in [3.8, 4) is 11.5 Å². The monoisotopic (exact) mass is 348 g/mol. The summed E-state index contributed by atoms with van der Waals surface area (Å²) in [6.07, 6.45) is 0. The lowest BCUT2D eigenvalue weighted by Crippen LogP contribution is -2.30. The van der Waals surface area contributed by atoms with Gasteiger partial charge in [-0.2, -0.15) is 0 Å². The normalized spacial score (nSPS) is 10.5. The lowest BCUT2D eigenvalue weighted by molar-refractivity contribution is -0.117. The summed E-state index contributed by atoms with van der Waals surface area (Å²) in [5.41, 5.74) is 1.68. The minimum atomic E-state index is -0.0957. The smallest absolute Gasteiger partial charge is 0.238 e. The highest BCUT2D eigenvalue weighted by molar-refractivity contribution is 6.30. The zero-order valence-electron chi connectivity index (χ0n) is 14.0. The van der Waals surface area contributed by atoms with Crippen LogP contribution < -0.4 is 14.8 Å². The molecule has 128 valence electrons. The van der Waals surface area contributed by atoms with Crippen LogP contribution in [0.3, 0.4) is 0 Å². The van der Waals surface area contributed by atoms with Crippen LogP contribution in [-0.2, 0) is 11.3 Å². The first-order valence-electron chi connectivity index (χ1n) is 7.46. The van der Waals surface area contributed by atoms with Crippen LogP contribution in [0.1, 0.15) is 5.56 Å². The van der Waals surface area contributed by atoms with Crippen molar-refractivity contribution in [2.24, 2.45) is 0 Å². The van der Waals surface area contributed by atoms with Gasteiger partial charge >= 0.3 is 0 Å². The Morgan fingerprint density at radius 2 is 1.83 bits per heavy atom. The molecule has 2 aromatic carbocycles. The Bertz CT molecular complexity index is 689. The molecule has 0 saturated heterocycles. The van der Waals surface area contributed by atoms with Gasteiger partial charge in [-0.3, -0.25) is 9.69 Å². The summed E-state index contributed by atoms with van der Waals surface area (Å²) in [6, 6.07) is 12.6. The number of halogens is 1. The van der Waals surface area contributed by atoms with Gasteiger partial charge in [0.15, 0.2) is 0 Å². The van der Waals surface area contributed by atoms with Crippen molar-refractivity contribution in [1.29, 1.82) is 0 Å². The number of hydrogen-bond acceptors (Lipinski definition) is 4. The van der Waals surface area contributed by atoms with Crippen LogP contribution >= 0.6 is 11.6 Å². The fourth-order valence-electron chi connectivity index (χ4n) is 2.33. The molecule has 0 aliphatic heterocycles. The SMILES string of the molecule is COc1ccc(OC)c(CN(C)CC(=O)Nc2ccc(Cl)cc2)c1. The molecule has 2 aromatic rings. The summed E-state index contributed by atoms with van der Waals surface area (Å²) in [5, 5.41) is 3.48. The second-order valence-electron chi connectivity index (χ2n) is 5.41. The first kappa shape index (κ1) is 18.1. The topological polar surface area (TPSA) is 50.8 Å². The Balaban J connectivity index is 1.96. The number of ether oxygens (including phenoxy) is 2. The highest BCUT2D eigenvalue weighted by Crippen LogP contribution is 2.25. The number of carbonyl (C=O) groups is 1. The number of methoxy groups -OCH3 is 2. The maximum absolute atomic E-state index is 12.1. The van der Waals surface area contributed by atoms with Gasteiger partial charge in [-0.15, -0.1) is 0 Å². The molecule has 1 N–H and O–H groups in total. The predicted molar refractivity (Wildman–Crippen MR) is 96.0 cm³/mol. The van der Waals surface area contributed by atoms with Gasteiger partial charge in [0.1, 0.15) is 11.5 Å². The highest BCUT2D eigenvalue weighted by atomic mass is 35.5. The molecule has 1 amide bonds. The van der Waals surface area contributed by atoms with Crippen LogP contribution in [0.15, 0.2) is 42.5 Å². The predicted octanol–water partition coefficient (Wildman–Crippen LogP) is 3.43. The van der Waals surface area contributed by atoms with Crippen molar-refractivity contribution < 1.29 is 14.3 Å². The van der Waals surface area contributed by atoms with Gasteiger partial charge in [0, 0.05) is 22.8 Å². The van der Waals surface area contributed by atoms with Crippen LogP contribution in [0.25, 0.3) is 0 Å². The van der Waals surface area contributed by atoms with E-state index < -0.39 is 0 Å². The molecule has 0 aliphatic rings. The number of nitrogens with zero attached hydrogens (tertiary/aromatic N) is 1. The Morgan fingerprint density at radius 3 is 2.46 bits per heavy atom. The number of carbonyl (C=O) groups excluding carboxylic acids is 1. The third kappa shape index (κ3) is 5.15. The van der Waals surface area contributed by atoms with Crippen LogP contribution in [0, 0.1) is 0 Å². The number of nitrogens with one attached hydrogen (secondary N) is 1. The van der Waals surface area contributed by atoms with Gasteiger partial charge in [0.25, 0.3) is 0 Å². The summed E-state index contributed by atoms with van der Waals surface area (Å²) >= 11 is 5.83. The van der Waals surface area contributed by atoms with Crippen molar-refractivity contribution in [3.05, 3.63) is 53.1 Å². The Labute approximate surface area is 147 Å². The average Bonchev–Trinajstić information content (AvgIpc) is 2.56. The maximum atomic E-state index is 12.1. The van der Waals surface area contributed by atoms with E-state index in [2.05, 4.69) is 5.32 Å². The van der Waals surface area contributed by atoms with E-state index in [1.54, 1.807) is 38.5 Å². The molecule has 0 radical (unpaired) electrons. The van der Waals surface area contributed by atoms with E-state index in [0.29, 0.717) is 11.6 Å². The third-order valence-corrected chi connectivity index (χ3v) is 3.72. The van der Waals surface area contributed by atoms with Crippen molar-refractivity contribution in [3.63, 3.8) is 0 Å². The fraction of sp³-hybridized carbons (Fsp3) is 0.278. The number of amides is 1. The largest absolute Gasteiger partial charge is 0.497 e. The van der Waals surface area contributed by atoms with Crippen LogP contribution in [0.4, 0.5) is 5.69 Å². The minimum absolute atomic E-state index is 0.0957. The standard InChI is InChI=1S/C18H21ClN2O3/c1-21(11-13-10-16(23-2)8-9-17(13)24-3)12-18(22)20-15-6-4-14(19)5-7-15/h4-10H,11-12H2,1-3H3,(H,20,22). The summed E-state index contributed by atoms with van der Waals surface area (Å²) in [7, 11) is 5.12. The molecule has 0 spiro atoms. The van der Waals surface area contributed by atoms with Crippen molar-refractivity contribution in [1.82, 2.24) is 4.90 Å². The lowest BCUT2D eigenvalue weighted by Gasteiger charge is -2.18. The third-order valence-electron chi connectivity index (χ3n) is 3.47. The van der Waals surface area contributed by atoms with E-state index in [4.69, 9.17) is 21.1 Å². The molecule has 6 heteroatoms. The number of anilines is 1. The van der Waals surface area contributed by atoms with Gasteiger partial charge in [-0.1, -0.05) is 11.6 Å². The number of hydrogen-bond donors (Lipinski definition) is 1. The Morgan fingerprint density at radius 1 is 1.12 bits per heavy atom. The molecule has 0 aliphatic carbocycles. The van der Waals surface area contributed by atoms with Gasteiger partial charge in [0.2, 0.25) is 5.91 Å². The molecule has 5 nitrogen and oxygen atoms in total. The van der Waals surface area contributed by atoms with E-state index in [1.807, 2.05) is 30.1 Å². The summed E-state index contributed by atoms with van der Waals surface area (Å²) in [6.45, 7) is 0.817. The van der Waals surface area contributed by atoms with Crippen molar-refractivity contribution >= 4 is 23.2 Å². The summed E-state index contributed by atoms with van der Waals surface area (Å²) in [5.74, 6) is 1.42. The van der Waals surface area contributed by atoms with Gasteiger partial charge in [-0.05, 0) is 49.5 Å². The van der Waals surface area contributed by atoms with Gasteiger partial charge in [0.05, 0.1) is 20.8 Å². The molecule has 24 heavy (non-hydrogen) atoms. The van der Waals surface area contributed by atoms with E-state index in [-0.39, 0.29) is 12.5 Å². The van der Waals surface area contributed by atoms with E-state index in [9.17, 15) is 4.79 Å². The lowest BCUT2D eigenvalue weighted by atomic mass is 10.1. The number of rotatable bonds is 7. The van der Waals surface area contributed by atoms with E-state index in [1.165, 1.54) is 0 Å². The van der Waals surface area contributed by atoms with Crippen molar-refractivity contribution in [2.75, 3.05) is 33.1 Å². The molecule has 0 bridgehead atoms. The number of likely N-dealkylation sites (N-methyl/N-ethyl adjacent to an activating group) is 1. The molecule has 0 atom stereocenters. The molecule has 0 fully saturated rings. The van der Waals surface area contributed by atoms with Crippen LogP contribution in [0.5, 0.6) is 11.5 Å². The quantitative estimate of drug-likeness (QED) is 0.833. The van der Waals surface area contributed by atoms with Crippen LogP contribution in [-0.4, -0.2) is 38.6 Å². The van der Waals surface area contributed by atoms with Gasteiger partial charge in [-0.25, -0.2) is 0 Å². The van der Waals surface area contributed by atoms with E-state index >= 15 is 0 Å². The zero-order valence-corrected chi connectivity index (χ0v) is 14.8. The van der Waals surface area contributed by atoms with Crippen LogP contribution in [0.2, 0.25) is 5.02 Å². The first-order chi connectivity index (χ1) is 11.5. The second-order valence-corrected chi connectivity index (χ2v) is 5.84. The molecule has 2 rings (SSSR count). The second kappa shape index (κ2) is 8.57. The molecule has 0 unspecified atom stereocenters. The number of benzene rings is 2. The fourth-order valence-corrected chi connectivity index (χ4v) is 2.46. The van der Waals surface area contributed by atoms with E-state index in [0.717, 1.165) is 22.7 Å². The Kier molecular flexibility index (Phi) is 6.46. The van der Waals surface area contributed by atoms with Crippen molar-refractivity contribution in [2.45, 2.75) is 6.54 Å². The molecule has 0 aromatic heterocycles. The Hall–Kier alpha value is -2.24.